The van der Waals surface area contributed by atoms with Gasteiger partial charge in [-0.15, -0.1) is 0 Å². The van der Waals surface area contributed by atoms with Gasteiger partial charge in [0.2, 0.25) is 12.6 Å². The standard InChI is InChI=1S/C35H40O17/c1-18(37)44-17-25-28(46-19(2)38)29(47-20(3)39)30(48-21(4)40)32(49-25)51-33-31-34(6,52-22(5)41)26(14-35(31,43)24(15-36)16-45-33)50-27(42)13-12-23-10-8-7-9-11-23/h7-13,15-16,25-26,28-33,43H,14,17H2,1-6H3/b13-12+/t25-,26+,28-,29+,30-,31-,32+,33+,34+,35+/m1/s1. The molecule has 0 unspecified atom stereocenters. The van der Waals surface area contributed by atoms with E-state index in [1.807, 2.05) is 0 Å². The second-order valence-electron chi connectivity index (χ2n) is 12.5. The maximum absolute atomic E-state index is 13.1. The Bertz CT molecular complexity index is 1600. The van der Waals surface area contributed by atoms with Gasteiger partial charge in [0.1, 0.15) is 24.4 Å². The fraction of sp³-hybridized carbons (Fsp3) is 0.514. The van der Waals surface area contributed by atoms with E-state index in [1.165, 1.54) is 13.0 Å². The highest BCUT2D eigenvalue weighted by Crippen LogP contribution is 2.54. The van der Waals surface area contributed by atoms with Crippen LogP contribution in [0.1, 0.15) is 53.5 Å². The molecular formula is C35H40O17. The largest absolute Gasteiger partial charge is 0.471 e. The van der Waals surface area contributed by atoms with Gasteiger partial charge >= 0.3 is 35.8 Å². The van der Waals surface area contributed by atoms with Crippen molar-refractivity contribution in [1.29, 1.82) is 0 Å². The summed E-state index contributed by atoms with van der Waals surface area (Å²) < 4.78 is 50.8. The van der Waals surface area contributed by atoms with Crippen LogP contribution in [0.2, 0.25) is 0 Å². The minimum absolute atomic E-state index is 0.310. The molecule has 0 bridgehead atoms. The van der Waals surface area contributed by atoms with Crippen LogP contribution in [0.5, 0.6) is 0 Å². The van der Waals surface area contributed by atoms with Gasteiger partial charge in [0, 0.05) is 47.1 Å². The average molecular weight is 733 g/mol. The molecule has 2 heterocycles. The zero-order chi connectivity index (χ0) is 38.4. The Labute approximate surface area is 298 Å². The van der Waals surface area contributed by atoms with E-state index < -0.39 is 109 Å². The smallest absolute Gasteiger partial charge is 0.331 e. The lowest BCUT2D eigenvalue weighted by molar-refractivity contribution is -0.353. The van der Waals surface area contributed by atoms with Crippen LogP contribution in [-0.4, -0.2) is 108 Å². The predicted octanol–water partition coefficient (Wildman–Crippen LogP) is 1.22. The van der Waals surface area contributed by atoms with E-state index in [1.54, 1.807) is 30.3 Å². The normalized spacial score (nSPS) is 32.2. The lowest BCUT2D eigenvalue weighted by Crippen LogP contribution is -2.65. The minimum Gasteiger partial charge on any atom is -0.471 e. The van der Waals surface area contributed by atoms with E-state index in [9.17, 15) is 38.7 Å². The van der Waals surface area contributed by atoms with Crippen molar-refractivity contribution >= 4 is 48.2 Å². The van der Waals surface area contributed by atoms with Crippen LogP contribution in [-0.2, 0) is 76.2 Å². The van der Waals surface area contributed by atoms with Crippen molar-refractivity contribution in [2.75, 3.05) is 6.61 Å². The van der Waals surface area contributed by atoms with Crippen molar-refractivity contribution in [3.8, 4) is 0 Å². The molecule has 4 rings (SSSR count). The SMILES string of the molecule is CC(=O)OC[C@H]1O[C@@H](O[C@@H]2OC=C(C=O)[C@@]3(O)C[C@H](OC(=O)/C=C/c4ccccc4)[C@](C)(OC(C)=O)[C@@H]23)[C@H](OC(C)=O)[C@@H](OC(C)=O)[C@@H]1OC(C)=O. The Morgan fingerprint density at radius 3 is 2.02 bits per heavy atom. The molecule has 1 N–H and O–H groups in total. The first kappa shape index (κ1) is 39.7. The van der Waals surface area contributed by atoms with Crippen LogP contribution in [0.15, 0.2) is 48.2 Å². The summed E-state index contributed by atoms with van der Waals surface area (Å²) in [6.45, 7) is 6.09. The monoisotopic (exact) mass is 732 g/mol. The van der Waals surface area contributed by atoms with Crippen LogP contribution >= 0.6 is 0 Å². The molecule has 1 saturated heterocycles. The first-order chi connectivity index (χ1) is 24.5. The number of carbonyl (C=O) groups excluding carboxylic acids is 7. The Morgan fingerprint density at radius 1 is 0.827 bits per heavy atom. The van der Waals surface area contributed by atoms with Gasteiger partial charge in [-0.25, -0.2) is 4.79 Å². The molecule has 10 atom stereocenters. The van der Waals surface area contributed by atoms with Gasteiger partial charge < -0.3 is 47.7 Å². The Morgan fingerprint density at radius 2 is 1.44 bits per heavy atom. The maximum Gasteiger partial charge on any atom is 0.331 e. The molecule has 17 heteroatoms. The Hall–Kier alpha value is -5.13. The van der Waals surface area contributed by atoms with E-state index in [4.69, 9.17) is 42.6 Å². The van der Waals surface area contributed by atoms with Gasteiger partial charge in [0.25, 0.3) is 0 Å². The molecule has 1 aromatic carbocycles. The van der Waals surface area contributed by atoms with E-state index >= 15 is 0 Å². The summed E-state index contributed by atoms with van der Waals surface area (Å²) in [6.07, 6.45) is -7.77. The number of carbonyl (C=O) groups is 7. The highest BCUT2D eigenvalue weighted by Gasteiger charge is 2.70. The van der Waals surface area contributed by atoms with Gasteiger partial charge in [-0.1, -0.05) is 30.3 Å². The van der Waals surface area contributed by atoms with Gasteiger partial charge in [-0.05, 0) is 18.6 Å². The third kappa shape index (κ3) is 9.02. The minimum atomic E-state index is -2.22. The second kappa shape index (κ2) is 16.5. The molecular weight excluding hydrogens is 692 g/mol. The van der Waals surface area contributed by atoms with E-state index in [0.717, 1.165) is 47.0 Å². The molecule has 0 amide bonds. The molecule has 52 heavy (non-hydrogen) atoms. The number of ether oxygens (including phenoxy) is 9. The number of aldehydes is 1. The van der Waals surface area contributed by atoms with Crippen molar-refractivity contribution < 1.29 is 81.3 Å². The third-order valence-electron chi connectivity index (χ3n) is 8.55. The summed E-state index contributed by atoms with van der Waals surface area (Å²) in [5.41, 5.74) is -3.81. The average Bonchev–Trinajstić information content (AvgIpc) is 3.27. The fourth-order valence-electron chi connectivity index (χ4n) is 6.58. The van der Waals surface area contributed by atoms with Crippen molar-refractivity contribution in [2.24, 2.45) is 5.92 Å². The first-order valence-corrected chi connectivity index (χ1v) is 16.1. The molecule has 1 aromatic rings. The van der Waals surface area contributed by atoms with Crippen LogP contribution in [0.4, 0.5) is 0 Å². The summed E-state index contributed by atoms with van der Waals surface area (Å²) >= 11 is 0. The topological polar surface area (TPSA) is 223 Å². The van der Waals surface area contributed by atoms with E-state index in [0.29, 0.717) is 11.8 Å². The molecule has 0 radical (unpaired) electrons. The number of esters is 6. The summed E-state index contributed by atoms with van der Waals surface area (Å²) in [4.78, 5) is 86.4. The molecule has 3 aliphatic rings. The van der Waals surface area contributed by atoms with Crippen molar-refractivity contribution in [3.05, 3.63) is 53.8 Å². The Kier molecular flexibility index (Phi) is 12.6. The lowest BCUT2D eigenvalue weighted by atomic mass is 9.77. The molecule has 2 aliphatic heterocycles. The number of rotatable bonds is 12. The van der Waals surface area contributed by atoms with Crippen molar-refractivity contribution in [3.63, 3.8) is 0 Å². The molecule has 282 valence electrons. The van der Waals surface area contributed by atoms with Gasteiger partial charge in [-0.2, -0.15) is 0 Å². The molecule has 0 aromatic heterocycles. The van der Waals surface area contributed by atoms with Crippen LogP contribution in [0.25, 0.3) is 6.08 Å². The van der Waals surface area contributed by atoms with Crippen LogP contribution in [0.3, 0.4) is 0 Å². The molecule has 2 fully saturated rings. The second-order valence-corrected chi connectivity index (χ2v) is 12.5. The van der Waals surface area contributed by atoms with Gasteiger partial charge in [0.15, 0.2) is 30.2 Å². The lowest BCUT2D eigenvalue weighted by Gasteiger charge is -2.48. The number of benzene rings is 1. The summed E-state index contributed by atoms with van der Waals surface area (Å²) in [5.74, 6) is -6.68. The maximum atomic E-state index is 13.1. The predicted molar refractivity (Wildman–Crippen MR) is 171 cm³/mol. The summed E-state index contributed by atoms with van der Waals surface area (Å²) in [5, 5.41) is 12.2. The quantitative estimate of drug-likeness (QED) is 0.138. The number of aliphatic hydroxyl groups is 1. The summed E-state index contributed by atoms with van der Waals surface area (Å²) in [7, 11) is 0. The first-order valence-electron chi connectivity index (χ1n) is 16.1. The number of fused-ring (bicyclic) bond motifs is 1. The molecule has 0 spiro atoms. The zero-order valence-electron chi connectivity index (χ0n) is 29.2. The van der Waals surface area contributed by atoms with Crippen LogP contribution < -0.4 is 0 Å². The third-order valence-corrected chi connectivity index (χ3v) is 8.55. The van der Waals surface area contributed by atoms with E-state index in [2.05, 4.69) is 0 Å². The summed E-state index contributed by atoms with van der Waals surface area (Å²) in [6, 6.07) is 8.81. The van der Waals surface area contributed by atoms with E-state index in [-0.39, 0.29) is 5.57 Å². The fourth-order valence-corrected chi connectivity index (χ4v) is 6.58. The highest BCUT2D eigenvalue weighted by atomic mass is 16.8. The number of hydrogen-bond acceptors (Lipinski definition) is 17. The molecule has 17 nitrogen and oxygen atoms in total. The molecule has 1 saturated carbocycles. The van der Waals surface area contributed by atoms with Gasteiger partial charge in [-0.3, -0.25) is 28.8 Å². The van der Waals surface area contributed by atoms with Crippen molar-refractivity contribution in [2.45, 2.75) is 102 Å². The zero-order valence-corrected chi connectivity index (χ0v) is 29.2. The number of hydrogen-bond donors (Lipinski definition) is 1. The Balaban J connectivity index is 1.76. The van der Waals surface area contributed by atoms with Gasteiger partial charge in [0.05, 0.1) is 17.8 Å². The highest BCUT2D eigenvalue weighted by molar-refractivity contribution is 5.87. The van der Waals surface area contributed by atoms with Crippen molar-refractivity contribution in [1.82, 2.24) is 0 Å². The molecule has 1 aliphatic carbocycles. The van der Waals surface area contributed by atoms with Crippen LogP contribution in [0, 0.1) is 5.92 Å².